The van der Waals surface area contributed by atoms with Crippen molar-refractivity contribution in [2.45, 2.75) is 25.7 Å². The average Bonchev–Trinajstić information content (AvgIpc) is 2.49. The highest BCUT2D eigenvalue weighted by atomic mass is 79.9. The van der Waals surface area contributed by atoms with Gasteiger partial charge in [-0.25, -0.2) is 0 Å². The zero-order chi connectivity index (χ0) is 14.6. The van der Waals surface area contributed by atoms with Crippen molar-refractivity contribution in [1.82, 2.24) is 0 Å². The van der Waals surface area contributed by atoms with Crippen LogP contribution in [0.3, 0.4) is 0 Å². The van der Waals surface area contributed by atoms with Gasteiger partial charge in [-0.15, -0.1) is 0 Å². The Morgan fingerprint density at radius 1 is 0.800 bits per heavy atom. The minimum absolute atomic E-state index is 0.0954. The number of alkyl halides is 2. The summed E-state index contributed by atoms with van der Waals surface area (Å²) >= 11 is 7.49. The Balaban J connectivity index is 2.45. The van der Waals surface area contributed by atoms with Crippen LogP contribution in [-0.2, 0) is 11.8 Å². The largest absolute Gasteiger partial charge is 0.0918 e. The summed E-state index contributed by atoms with van der Waals surface area (Å²) in [6.45, 7) is 4.42. The summed E-state index contributed by atoms with van der Waals surface area (Å²) in [5, 5.41) is 1.89. The molecule has 0 N–H and O–H groups in total. The Hall–Kier alpha value is -0.600. The van der Waals surface area contributed by atoms with Crippen LogP contribution in [0.5, 0.6) is 0 Å². The molecule has 106 valence electrons. The van der Waals surface area contributed by atoms with E-state index in [1.165, 1.54) is 22.3 Å². The smallest absolute Gasteiger partial charge is 0.0187 e. The molecule has 0 aromatic heterocycles. The van der Waals surface area contributed by atoms with E-state index in [0.717, 1.165) is 17.1 Å². The van der Waals surface area contributed by atoms with Crippen LogP contribution in [0.15, 0.2) is 48.5 Å². The summed E-state index contributed by atoms with van der Waals surface area (Å²) in [6.07, 6.45) is 1.05. The van der Waals surface area contributed by atoms with E-state index in [-0.39, 0.29) is 5.41 Å². The Kier molecular flexibility index (Phi) is 5.45. The maximum atomic E-state index is 3.75. The first-order chi connectivity index (χ1) is 9.63. The van der Waals surface area contributed by atoms with E-state index in [1.807, 2.05) is 0 Å². The van der Waals surface area contributed by atoms with Gasteiger partial charge >= 0.3 is 0 Å². The standard InChI is InChI=1S/C18H20Br2/c1-14-7-6-8-15(2)17(14)11-18(12-19,13-20)16-9-4-3-5-10-16/h3-10H,11-13H2,1-2H3. The highest BCUT2D eigenvalue weighted by molar-refractivity contribution is 9.09. The van der Waals surface area contributed by atoms with Crippen LogP contribution >= 0.6 is 31.9 Å². The molecule has 0 amide bonds. The fourth-order valence-corrected chi connectivity index (χ4v) is 4.62. The SMILES string of the molecule is Cc1cccc(C)c1CC(CBr)(CBr)c1ccccc1. The monoisotopic (exact) mass is 394 g/mol. The molecule has 0 aliphatic rings. The van der Waals surface area contributed by atoms with Crippen molar-refractivity contribution in [3.05, 3.63) is 70.8 Å². The van der Waals surface area contributed by atoms with Gasteiger partial charge in [0.25, 0.3) is 0 Å². The van der Waals surface area contributed by atoms with Crippen LogP contribution < -0.4 is 0 Å². The molecule has 0 atom stereocenters. The lowest BCUT2D eigenvalue weighted by atomic mass is 9.77. The second-order valence-electron chi connectivity index (χ2n) is 5.46. The van der Waals surface area contributed by atoms with Gasteiger partial charge in [0, 0.05) is 16.1 Å². The number of rotatable bonds is 5. The van der Waals surface area contributed by atoms with Gasteiger partial charge in [0.05, 0.1) is 0 Å². The summed E-state index contributed by atoms with van der Waals surface area (Å²) in [5.74, 6) is 0. The fraction of sp³-hybridized carbons (Fsp3) is 0.333. The zero-order valence-corrected chi connectivity index (χ0v) is 15.2. The summed E-state index contributed by atoms with van der Waals surface area (Å²) in [7, 11) is 0. The predicted molar refractivity (Wildman–Crippen MR) is 95.3 cm³/mol. The van der Waals surface area contributed by atoms with Gasteiger partial charge in [0.2, 0.25) is 0 Å². The molecule has 2 aromatic rings. The van der Waals surface area contributed by atoms with E-state index >= 15 is 0 Å². The first-order valence-corrected chi connectivity index (χ1v) is 9.10. The zero-order valence-electron chi connectivity index (χ0n) is 12.0. The molecule has 2 rings (SSSR count). The van der Waals surface area contributed by atoms with E-state index in [2.05, 4.69) is 94.2 Å². The molecule has 0 heterocycles. The van der Waals surface area contributed by atoms with Crippen molar-refractivity contribution < 1.29 is 0 Å². The molecule has 0 unspecified atom stereocenters. The summed E-state index contributed by atoms with van der Waals surface area (Å²) in [5.41, 5.74) is 5.71. The summed E-state index contributed by atoms with van der Waals surface area (Å²) in [4.78, 5) is 0. The average molecular weight is 396 g/mol. The van der Waals surface area contributed by atoms with Gasteiger partial charge in [-0.1, -0.05) is 80.4 Å². The van der Waals surface area contributed by atoms with Crippen LogP contribution in [0.4, 0.5) is 0 Å². The van der Waals surface area contributed by atoms with E-state index < -0.39 is 0 Å². The van der Waals surface area contributed by atoms with E-state index in [4.69, 9.17) is 0 Å². The van der Waals surface area contributed by atoms with Gasteiger partial charge in [-0.3, -0.25) is 0 Å². The van der Waals surface area contributed by atoms with Crippen LogP contribution in [0.25, 0.3) is 0 Å². The molecule has 0 saturated carbocycles. The second-order valence-corrected chi connectivity index (χ2v) is 6.58. The quantitative estimate of drug-likeness (QED) is 0.580. The van der Waals surface area contributed by atoms with Crippen LogP contribution in [-0.4, -0.2) is 10.7 Å². The number of hydrogen-bond donors (Lipinski definition) is 0. The molecule has 0 aliphatic carbocycles. The number of halogens is 2. The van der Waals surface area contributed by atoms with Crippen LogP contribution in [0.1, 0.15) is 22.3 Å². The molecule has 0 radical (unpaired) electrons. The molecule has 2 aromatic carbocycles. The third-order valence-electron chi connectivity index (χ3n) is 4.06. The number of benzene rings is 2. The first-order valence-electron chi connectivity index (χ1n) is 6.85. The van der Waals surface area contributed by atoms with Gasteiger partial charge in [-0.05, 0) is 42.5 Å². The summed E-state index contributed by atoms with van der Waals surface area (Å²) in [6, 6.07) is 17.4. The molecule has 0 aliphatic heterocycles. The molecule has 20 heavy (non-hydrogen) atoms. The molecular formula is C18H20Br2. The highest BCUT2D eigenvalue weighted by Crippen LogP contribution is 2.34. The lowest BCUT2D eigenvalue weighted by molar-refractivity contribution is 0.548. The molecule has 0 bridgehead atoms. The lowest BCUT2D eigenvalue weighted by Crippen LogP contribution is -2.33. The highest BCUT2D eigenvalue weighted by Gasteiger charge is 2.31. The molecule has 0 saturated heterocycles. The minimum Gasteiger partial charge on any atom is -0.0918 e. The van der Waals surface area contributed by atoms with Crippen molar-refractivity contribution in [3.63, 3.8) is 0 Å². The third kappa shape index (κ3) is 3.17. The maximum Gasteiger partial charge on any atom is 0.0187 e. The Labute approximate surface area is 138 Å². The maximum absolute atomic E-state index is 3.75. The van der Waals surface area contributed by atoms with E-state index in [9.17, 15) is 0 Å². The summed E-state index contributed by atoms with van der Waals surface area (Å²) < 4.78 is 0. The van der Waals surface area contributed by atoms with Crippen molar-refractivity contribution in [2.75, 3.05) is 10.7 Å². The van der Waals surface area contributed by atoms with E-state index in [0.29, 0.717) is 0 Å². The first kappa shape index (κ1) is 15.8. The topological polar surface area (TPSA) is 0 Å². The fourth-order valence-electron chi connectivity index (χ4n) is 2.64. The number of hydrogen-bond acceptors (Lipinski definition) is 0. The normalized spacial score (nSPS) is 11.6. The van der Waals surface area contributed by atoms with Crippen molar-refractivity contribution in [1.29, 1.82) is 0 Å². The predicted octanol–water partition coefficient (Wildman–Crippen LogP) is 5.57. The van der Waals surface area contributed by atoms with Gasteiger partial charge in [-0.2, -0.15) is 0 Å². The van der Waals surface area contributed by atoms with Gasteiger partial charge < -0.3 is 0 Å². The lowest BCUT2D eigenvalue weighted by Gasteiger charge is -2.32. The van der Waals surface area contributed by atoms with Crippen molar-refractivity contribution >= 4 is 31.9 Å². The van der Waals surface area contributed by atoms with Crippen molar-refractivity contribution in [2.24, 2.45) is 0 Å². The Bertz CT molecular complexity index is 537. The molecule has 0 spiro atoms. The number of aryl methyl sites for hydroxylation is 2. The molecule has 2 heteroatoms. The molecule has 0 fully saturated rings. The second kappa shape index (κ2) is 6.91. The van der Waals surface area contributed by atoms with Crippen molar-refractivity contribution in [3.8, 4) is 0 Å². The van der Waals surface area contributed by atoms with Gasteiger partial charge in [0.1, 0.15) is 0 Å². The Morgan fingerprint density at radius 3 is 1.85 bits per heavy atom. The van der Waals surface area contributed by atoms with Gasteiger partial charge in [0.15, 0.2) is 0 Å². The van der Waals surface area contributed by atoms with E-state index in [1.54, 1.807) is 0 Å². The molecule has 0 nitrogen and oxygen atoms in total. The minimum atomic E-state index is 0.0954. The Morgan fingerprint density at radius 2 is 1.35 bits per heavy atom. The van der Waals surface area contributed by atoms with Crippen LogP contribution in [0, 0.1) is 13.8 Å². The van der Waals surface area contributed by atoms with Crippen LogP contribution in [0.2, 0.25) is 0 Å². The third-order valence-corrected chi connectivity index (χ3v) is 6.20. The molecular weight excluding hydrogens is 376 g/mol.